The average Bonchev–Trinajstić information content (AvgIpc) is 2.36. The highest BCUT2D eigenvalue weighted by atomic mass is 16.1. The maximum absolute atomic E-state index is 11.9. The van der Waals surface area contributed by atoms with Crippen molar-refractivity contribution in [3.8, 4) is 0 Å². The standard InChI is InChI=1S/C13H22N4O/c1-4-10(8-14)7-13(18)16-11-9-15-6-5-12(11)17(2)3/h5-6,9-10H,4,7-8,14H2,1-3H3,(H,16,18). The van der Waals surface area contributed by atoms with Gasteiger partial charge < -0.3 is 16.0 Å². The van der Waals surface area contributed by atoms with Crippen LogP contribution in [-0.4, -0.2) is 31.5 Å². The van der Waals surface area contributed by atoms with Crippen molar-refractivity contribution in [3.63, 3.8) is 0 Å². The number of rotatable bonds is 6. The van der Waals surface area contributed by atoms with Crippen molar-refractivity contribution in [1.82, 2.24) is 4.98 Å². The van der Waals surface area contributed by atoms with Gasteiger partial charge in [-0.05, 0) is 18.5 Å². The van der Waals surface area contributed by atoms with Gasteiger partial charge in [-0.3, -0.25) is 9.78 Å². The molecule has 1 rings (SSSR count). The van der Waals surface area contributed by atoms with Crippen molar-refractivity contribution in [2.75, 3.05) is 30.9 Å². The summed E-state index contributed by atoms with van der Waals surface area (Å²) < 4.78 is 0. The molecule has 1 heterocycles. The third kappa shape index (κ3) is 4.00. The first-order valence-corrected chi connectivity index (χ1v) is 6.19. The SMILES string of the molecule is CCC(CN)CC(=O)Nc1cnccc1N(C)C. The van der Waals surface area contributed by atoms with Crippen LogP contribution < -0.4 is 16.0 Å². The Bertz CT molecular complexity index is 388. The maximum Gasteiger partial charge on any atom is 0.224 e. The zero-order valence-electron chi connectivity index (χ0n) is 11.3. The zero-order valence-corrected chi connectivity index (χ0v) is 11.3. The average molecular weight is 250 g/mol. The largest absolute Gasteiger partial charge is 0.376 e. The van der Waals surface area contributed by atoms with Crippen LogP contribution >= 0.6 is 0 Å². The second-order valence-corrected chi connectivity index (χ2v) is 4.55. The summed E-state index contributed by atoms with van der Waals surface area (Å²) >= 11 is 0. The predicted octanol–water partition coefficient (Wildman–Crippen LogP) is 1.46. The molecule has 100 valence electrons. The first-order chi connectivity index (χ1) is 8.58. The Labute approximate surface area is 108 Å². The summed E-state index contributed by atoms with van der Waals surface area (Å²) in [4.78, 5) is 17.9. The van der Waals surface area contributed by atoms with E-state index < -0.39 is 0 Å². The molecule has 1 unspecified atom stereocenters. The van der Waals surface area contributed by atoms with Crippen molar-refractivity contribution in [3.05, 3.63) is 18.5 Å². The minimum Gasteiger partial charge on any atom is -0.376 e. The lowest BCUT2D eigenvalue weighted by Gasteiger charge is -2.18. The Kier molecular flexibility index (Phi) is 5.58. The van der Waals surface area contributed by atoms with E-state index >= 15 is 0 Å². The summed E-state index contributed by atoms with van der Waals surface area (Å²) in [5.41, 5.74) is 7.28. The maximum atomic E-state index is 11.9. The minimum absolute atomic E-state index is 0.0107. The van der Waals surface area contributed by atoms with Gasteiger partial charge in [-0.15, -0.1) is 0 Å². The molecule has 0 aliphatic heterocycles. The van der Waals surface area contributed by atoms with E-state index in [1.165, 1.54) is 0 Å². The van der Waals surface area contributed by atoms with Gasteiger partial charge in [0.15, 0.2) is 0 Å². The normalized spacial score (nSPS) is 12.0. The number of hydrogen-bond acceptors (Lipinski definition) is 4. The molecular formula is C13H22N4O. The Morgan fingerprint density at radius 2 is 2.28 bits per heavy atom. The quantitative estimate of drug-likeness (QED) is 0.802. The van der Waals surface area contributed by atoms with Crippen molar-refractivity contribution in [1.29, 1.82) is 0 Å². The number of aromatic nitrogens is 1. The fraction of sp³-hybridized carbons (Fsp3) is 0.538. The summed E-state index contributed by atoms with van der Waals surface area (Å²) in [7, 11) is 3.86. The number of nitrogens with one attached hydrogen (secondary N) is 1. The smallest absolute Gasteiger partial charge is 0.224 e. The molecule has 1 aromatic rings. The number of anilines is 2. The minimum atomic E-state index is -0.0107. The van der Waals surface area contributed by atoms with Gasteiger partial charge in [0, 0.05) is 26.7 Å². The molecule has 0 fully saturated rings. The fourth-order valence-corrected chi connectivity index (χ4v) is 1.73. The van der Waals surface area contributed by atoms with Gasteiger partial charge in [0.05, 0.1) is 17.6 Å². The van der Waals surface area contributed by atoms with E-state index in [9.17, 15) is 4.79 Å². The third-order valence-corrected chi connectivity index (χ3v) is 2.94. The van der Waals surface area contributed by atoms with Crippen LogP contribution in [0.5, 0.6) is 0 Å². The van der Waals surface area contributed by atoms with Gasteiger partial charge in [0.25, 0.3) is 0 Å². The Morgan fingerprint density at radius 3 is 2.83 bits per heavy atom. The van der Waals surface area contributed by atoms with Crippen LogP contribution in [0.1, 0.15) is 19.8 Å². The number of nitrogens with two attached hydrogens (primary N) is 1. The third-order valence-electron chi connectivity index (χ3n) is 2.94. The number of nitrogens with zero attached hydrogens (tertiary/aromatic N) is 2. The number of carbonyl (C=O) groups is 1. The lowest BCUT2D eigenvalue weighted by molar-refractivity contribution is -0.117. The van der Waals surface area contributed by atoms with E-state index in [4.69, 9.17) is 5.73 Å². The number of carbonyl (C=O) groups excluding carboxylic acids is 1. The molecule has 0 bridgehead atoms. The molecule has 18 heavy (non-hydrogen) atoms. The van der Waals surface area contributed by atoms with Gasteiger partial charge in [0.1, 0.15) is 0 Å². The molecule has 1 amide bonds. The highest BCUT2D eigenvalue weighted by Crippen LogP contribution is 2.22. The van der Waals surface area contributed by atoms with Crippen molar-refractivity contribution in [2.24, 2.45) is 11.7 Å². The highest BCUT2D eigenvalue weighted by Gasteiger charge is 2.12. The Hall–Kier alpha value is -1.62. The van der Waals surface area contributed by atoms with E-state index in [2.05, 4.69) is 10.3 Å². The van der Waals surface area contributed by atoms with Crippen LogP contribution in [0.4, 0.5) is 11.4 Å². The van der Waals surface area contributed by atoms with E-state index in [1.807, 2.05) is 32.0 Å². The van der Waals surface area contributed by atoms with Crippen LogP contribution in [0.2, 0.25) is 0 Å². The molecule has 0 aliphatic rings. The topological polar surface area (TPSA) is 71.2 Å². The van der Waals surface area contributed by atoms with Crippen LogP contribution in [0.15, 0.2) is 18.5 Å². The molecule has 1 aromatic heterocycles. The molecule has 0 saturated heterocycles. The summed E-state index contributed by atoms with van der Waals surface area (Å²) in [5, 5.41) is 2.89. The molecule has 0 spiro atoms. The molecule has 5 nitrogen and oxygen atoms in total. The number of hydrogen-bond donors (Lipinski definition) is 2. The highest BCUT2D eigenvalue weighted by molar-refractivity contribution is 5.94. The Morgan fingerprint density at radius 1 is 1.56 bits per heavy atom. The molecule has 3 N–H and O–H groups in total. The van der Waals surface area contributed by atoms with E-state index in [1.54, 1.807) is 12.4 Å². The zero-order chi connectivity index (χ0) is 13.5. The molecule has 0 saturated carbocycles. The van der Waals surface area contributed by atoms with Crippen LogP contribution in [0.3, 0.4) is 0 Å². The van der Waals surface area contributed by atoms with Crippen LogP contribution in [-0.2, 0) is 4.79 Å². The molecule has 5 heteroatoms. The monoisotopic (exact) mass is 250 g/mol. The van der Waals surface area contributed by atoms with Gasteiger partial charge in [-0.1, -0.05) is 13.3 Å². The van der Waals surface area contributed by atoms with Crippen LogP contribution in [0.25, 0.3) is 0 Å². The fourth-order valence-electron chi connectivity index (χ4n) is 1.73. The van der Waals surface area contributed by atoms with Crippen molar-refractivity contribution in [2.45, 2.75) is 19.8 Å². The van der Waals surface area contributed by atoms with Gasteiger partial charge >= 0.3 is 0 Å². The van der Waals surface area contributed by atoms with Gasteiger partial charge in [0.2, 0.25) is 5.91 Å². The van der Waals surface area contributed by atoms with Crippen molar-refractivity contribution >= 4 is 17.3 Å². The van der Waals surface area contributed by atoms with Gasteiger partial charge in [-0.25, -0.2) is 0 Å². The molecular weight excluding hydrogens is 228 g/mol. The summed E-state index contributed by atoms with van der Waals surface area (Å²) in [6.45, 7) is 2.58. The molecule has 1 atom stereocenters. The van der Waals surface area contributed by atoms with Crippen molar-refractivity contribution < 1.29 is 4.79 Å². The number of amides is 1. The summed E-state index contributed by atoms with van der Waals surface area (Å²) in [6, 6.07) is 1.87. The van der Waals surface area contributed by atoms with E-state index in [0.29, 0.717) is 13.0 Å². The summed E-state index contributed by atoms with van der Waals surface area (Å²) in [6.07, 6.45) is 4.74. The van der Waals surface area contributed by atoms with Crippen LogP contribution in [0, 0.1) is 5.92 Å². The first kappa shape index (κ1) is 14.4. The lowest BCUT2D eigenvalue weighted by Crippen LogP contribution is -2.22. The number of pyridine rings is 1. The second-order valence-electron chi connectivity index (χ2n) is 4.55. The van der Waals surface area contributed by atoms with Gasteiger partial charge in [-0.2, -0.15) is 0 Å². The molecule has 0 radical (unpaired) electrons. The Balaban J connectivity index is 2.70. The first-order valence-electron chi connectivity index (χ1n) is 6.19. The molecule has 0 aromatic carbocycles. The second kappa shape index (κ2) is 6.96. The summed E-state index contributed by atoms with van der Waals surface area (Å²) in [5.74, 6) is 0.230. The molecule has 0 aliphatic carbocycles. The lowest BCUT2D eigenvalue weighted by atomic mass is 10.0. The van der Waals surface area contributed by atoms with E-state index in [-0.39, 0.29) is 11.8 Å². The predicted molar refractivity (Wildman–Crippen MR) is 74.6 cm³/mol. The van der Waals surface area contributed by atoms with E-state index in [0.717, 1.165) is 17.8 Å².